The molecular weight excluding hydrogens is 755 g/mol. The van der Waals surface area contributed by atoms with Crippen molar-refractivity contribution < 1.29 is 47.8 Å². The summed E-state index contributed by atoms with van der Waals surface area (Å²) in [7, 11) is -4.64. The van der Waals surface area contributed by atoms with Gasteiger partial charge in [0.15, 0.2) is 6.10 Å². The number of rotatable bonds is 45. The minimum atomic E-state index is -4.64. The van der Waals surface area contributed by atoms with Crippen molar-refractivity contribution in [3.63, 3.8) is 0 Å². The summed E-state index contributed by atoms with van der Waals surface area (Å²) in [6.45, 7) is 2.29. The van der Waals surface area contributed by atoms with Crippen LogP contribution in [0.1, 0.15) is 226 Å². The van der Waals surface area contributed by atoms with Gasteiger partial charge in [-0.15, -0.1) is 0 Å². The van der Waals surface area contributed by atoms with E-state index in [1.54, 1.807) is 12.2 Å². The van der Waals surface area contributed by atoms with Gasteiger partial charge in [-0.05, 0) is 19.3 Å². The topological polar surface area (TPSA) is 149 Å². The predicted molar refractivity (Wildman–Crippen MR) is 238 cm³/mol. The number of hydrogen-bond donors (Lipinski definition) is 3. The van der Waals surface area contributed by atoms with Gasteiger partial charge in [-0.25, -0.2) is 9.36 Å². The first-order valence-electron chi connectivity index (χ1n) is 23.8. The second kappa shape index (κ2) is 43.5. The second-order valence-corrected chi connectivity index (χ2v) is 17.7. The van der Waals surface area contributed by atoms with Crippen molar-refractivity contribution in [3.8, 4) is 0 Å². The summed E-state index contributed by atoms with van der Waals surface area (Å²) in [5.41, 5.74) is 0. The maximum absolute atomic E-state index is 12.6. The zero-order valence-corrected chi connectivity index (χ0v) is 38.2. The van der Waals surface area contributed by atoms with Gasteiger partial charge < -0.3 is 24.6 Å². The first-order chi connectivity index (χ1) is 28.2. The van der Waals surface area contributed by atoms with Crippen molar-refractivity contribution in [1.29, 1.82) is 0 Å². The Hall–Kier alpha value is -1.55. The molecule has 3 N–H and O–H groups in total. The lowest BCUT2D eigenvalue weighted by Gasteiger charge is -2.20. The fraction of sp³-hybridized carbons (Fsp3) is 0.872. The van der Waals surface area contributed by atoms with Gasteiger partial charge >= 0.3 is 19.8 Å². The van der Waals surface area contributed by atoms with E-state index in [4.69, 9.17) is 19.1 Å². The minimum Gasteiger partial charge on any atom is -0.458 e. The third kappa shape index (κ3) is 42.6. The van der Waals surface area contributed by atoms with Crippen LogP contribution in [0.15, 0.2) is 24.3 Å². The van der Waals surface area contributed by atoms with Gasteiger partial charge in [-0.3, -0.25) is 13.8 Å². The third-order valence-corrected chi connectivity index (χ3v) is 11.4. The van der Waals surface area contributed by atoms with Gasteiger partial charge in [0.25, 0.3) is 0 Å². The van der Waals surface area contributed by atoms with Crippen LogP contribution in [-0.2, 0) is 32.7 Å². The Morgan fingerprint density at radius 1 is 0.552 bits per heavy atom. The Labute approximate surface area is 355 Å². The molecule has 3 atom stereocenters. The summed E-state index contributed by atoms with van der Waals surface area (Å²) < 4.78 is 32.6. The number of aliphatic hydroxyl groups is 2. The zero-order chi connectivity index (χ0) is 42.6. The molecule has 0 rings (SSSR count). The second-order valence-electron chi connectivity index (χ2n) is 16.2. The van der Waals surface area contributed by atoms with Crippen molar-refractivity contribution in [1.82, 2.24) is 0 Å². The van der Waals surface area contributed by atoms with Crippen LogP contribution in [-0.4, -0.2) is 65.7 Å². The average molecular weight is 845 g/mol. The molecule has 0 aromatic carbocycles. The van der Waals surface area contributed by atoms with Gasteiger partial charge in [-0.1, -0.05) is 218 Å². The fourth-order valence-corrected chi connectivity index (χ4v) is 7.58. The van der Waals surface area contributed by atoms with E-state index in [0.29, 0.717) is 6.42 Å². The predicted octanol–water partition coefficient (Wildman–Crippen LogP) is 13.0. The monoisotopic (exact) mass is 845 g/mol. The minimum absolute atomic E-state index is 0.170. The molecule has 1 unspecified atom stereocenters. The molecule has 0 spiro atoms. The molecule has 0 radical (unpaired) electrons. The summed E-state index contributed by atoms with van der Waals surface area (Å²) in [6.07, 6.45) is 44.9. The molecule has 0 aliphatic heterocycles. The van der Waals surface area contributed by atoms with E-state index in [0.717, 1.165) is 32.1 Å². The highest BCUT2D eigenvalue weighted by atomic mass is 31.2. The van der Waals surface area contributed by atoms with Gasteiger partial charge in [0.2, 0.25) is 0 Å². The Morgan fingerprint density at radius 3 is 1.38 bits per heavy atom. The molecule has 0 aliphatic rings. The summed E-state index contributed by atoms with van der Waals surface area (Å²) >= 11 is 0. The number of ether oxygens (including phenoxy) is 2. The Morgan fingerprint density at radius 2 is 0.948 bits per heavy atom. The van der Waals surface area contributed by atoms with Crippen LogP contribution in [0, 0.1) is 0 Å². The number of carbonyl (C=O) groups is 2. The van der Waals surface area contributed by atoms with Crippen molar-refractivity contribution >= 4 is 19.8 Å². The largest absolute Gasteiger partial charge is 0.472 e. The van der Waals surface area contributed by atoms with Crippen molar-refractivity contribution in [2.45, 2.75) is 238 Å². The number of esters is 2. The van der Waals surface area contributed by atoms with E-state index in [9.17, 15) is 24.2 Å². The molecule has 0 saturated heterocycles. The van der Waals surface area contributed by atoms with E-state index < -0.39 is 51.8 Å². The number of hydrogen-bond acceptors (Lipinski definition) is 9. The van der Waals surface area contributed by atoms with Crippen LogP contribution in [0.5, 0.6) is 0 Å². The Balaban J connectivity index is 4.27. The van der Waals surface area contributed by atoms with Gasteiger partial charge in [0.05, 0.1) is 19.8 Å². The normalized spacial score (nSPS) is 13.9. The first-order valence-corrected chi connectivity index (χ1v) is 25.3. The van der Waals surface area contributed by atoms with Crippen LogP contribution in [0.25, 0.3) is 0 Å². The quantitative estimate of drug-likeness (QED) is 0.0178. The highest BCUT2D eigenvalue weighted by Crippen LogP contribution is 2.43. The molecule has 0 amide bonds. The van der Waals surface area contributed by atoms with Gasteiger partial charge in [-0.2, -0.15) is 0 Å². The van der Waals surface area contributed by atoms with Gasteiger partial charge in [0, 0.05) is 12.5 Å². The van der Waals surface area contributed by atoms with Crippen molar-refractivity contribution in [3.05, 3.63) is 24.3 Å². The first kappa shape index (κ1) is 56.5. The number of aliphatic hydroxyl groups excluding tert-OH is 2. The van der Waals surface area contributed by atoms with E-state index >= 15 is 0 Å². The molecule has 11 heteroatoms. The summed E-state index contributed by atoms with van der Waals surface area (Å²) in [4.78, 5) is 34.9. The highest BCUT2D eigenvalue weighted by molar-refractivity contribution is 7.47. The molecule has 0 saturated carbocycles. The van der Waals surface area contributed by atoms with Crippen molar-refractivity contribution in [2.24, 2.45) is 0 Å². The zero-order valence-electron chi connectivity index (χ0n) is 37.3. The van der Waals surface area contributed by atoms with Crippen LogP contribution in [0.4, 0.5) is 0 Å². The van der Waals surface area contributed by atoms with Crippen LogP contribution in [0.3, 0.4) is 0 Å². The lowest BCUT2D eigenvalue weighted by molar-refractivity contribution is -0.159. The Kier molecular flexibility index (Phi) is 42.4. The number of phosphoric ester groups is 1. The third-order valence-electron chi connectivity index (χ3n) is 10.5. The van der Waals surface area contributed by atoms with Crippen LogP contribution in [0.2, 0.25) is 0 Å². The summed E-state index contributed by atoms with van der Waals surface area (Å²) in [5.74, 6) is -1.17. The molecule has 0 fully saturated rings. The molecule has 58 heavy (non-hydrogen) atoms. The maximum Gasteiger partial charge on any atom is 0.472 e. The SMILES string of the molecule is CCCCCCCCCCCCC/C=C/C=C/C(=O)OC[C@H](COP(=O)(O)OC[C@@H](O)CO)OC(=O)CCCCCCCCCCCCCCCCCCCCCC. The lowest BCUT2D eigenvalue weighted by Crippen LogP contribution is -2.29. The summed E-state index contributed by atoms with van der Waals surface area (Å²) in [6, 6.07) is 0. The van der Waals surface area contributed by atoms with Gasteiger partial charge in [0.1, 0.15) is 12.7 Å². The molecule has 342 valence electrons. The van der Waals surface area contributed by atoms with Crippen molar-refractivity contribution in [2.75, 3.05) is 26.4 Å². The molecule has 0 aromatic rings. The standard InChI is InChI=1S/C47H89O10P/c1-3-5-7-9-11-13-15-17-19-20-21-22-23-25-27-29-31-33-35-37-39-47(51)57-45(43-56-58(52,53)55-41-44(49)40-48)42-54-46(50)38-36-34-32-30-28-26-24-18-16-14-12-10-8-6-4-2/h32,34,36,38,44-45,48-49H,3-31,33,35,37,39-43H2,1-2H3,(H,52,53)/b34-32+,38-36+/t44-,45+/m0/s1. The van der Waals surface area contributed by atoms with E-state index in [2.05, 4.69) is 18.4 Å². The average Bonchev–Trinajstić information content (AvgIpc) is 3.21. The number of carbonyl (C=O) groups excluding carboxylic acids is 2. The van der Waals surface area contributed by atoms with Crippen LogP contribution >= 0.6 is 7.82 Å². The van der Waals surface area contributed by atoms with E-state index in [1.165, 1.54) is 173 Å². The molecular formula is C47H89O10P. The Bertz CT molecular complexity index is 1020. The molecule has 0 heterocycles. The number of phosphoric acid groups is 1. The van der Waals surface area contributed by atoms with Crippen LogP contribution < -0.4 is 0 Å². The molecule has 10 nitrogen and oxygen atoms in total. The summed E-state index contributed by atoms with van der Waals surface area (Å²) in [5, 5.41) is 18.3. The number of allylic oxidation sites excluding steroid dienone is 3. The molecule has 0 aliphatic carbocycles. The lowest BCUT2D eigenvalue weighted by atomic mass is 10.0. The van der Waals surface area contributed by atoms with E-state index in [1.807, 2.05) is 6.08 Å². The fourth-order valence-electron chi connectivity index (χ4n) is 6.79. The van der Waals surface area contributed by atoms with E-state index in [-0.39, 0.29) is 13.0 Å². The highest BCUT2D eigenvalue weighted by Gasteiger charge is 2.27. The molecule has 0 bridgehead atoms. The molecule has 0 aromatic heterocycles. The maximum atomic E-state index is 12.6. The smallest absolute Gasteiger partial charge is 0.458 e. The number of unbranched alkanes of at least 4 members (excludes halogenated alkanes) is 30.